The van der Waals surface area contributed by atoms with Crippen molar-refractivity contribution in [3.63, 3.8) is 0 Å². The highest BCUT2D eigenvalue weighted by molar-refractivity contribution is 5.38. The number of benzene rings is 1. The molecular weight excluding hydrogens is 246 g/mol. The van der Waals surface area contributed by atoms with Gasteiger partial charge in [-0.15, -0.1) is 0 Å². The zero-order valence-corrected chi connectivity index (χ0v) is 12.8. The summed E-state index contributed by atoms with van der Waals surface area (Å²) in [6, 6.07) is 9.20. The standard InChI is InChI=1S/C17H25N3/c1-4-8-17-19-11-12-20(17)15-10-7-9-14(13-15)16(5-2)18-6-3/h7,9-13,16,18H,4-6,8H2,1-3H3. The Kier molecular flexibility index (Phi) is 5.36. The number of aromatic nitrogens is 2. The molecule has 3 heteroatoms. The van der Waals surface area contributed by atoms with Crippen molar-refractivity contribution in [2.75, 3.05) is 6.54 Å². The van der Waals surface area contributed by atoms with Gasteiger partial charge in [0.2, 0.25) is 0 Å². The van der Waals surface area contributed by atoms with E-state index in [9.17, 15) is 0 Å². The van der Waals surface area contributed by atoms with E-state index in [0.29, 0.717) is 6.04 Å². The Morgan fingerprint density at radius 2 is 2.10 bits per heavy atom. The number of nitrogens with one attached hydrogen (secondary N) is 1. The normalized spacial score (nSPS) is 12.6. The third-order valence-electron chi connectivity index (χ3n) is 3.60. The Labute approximate surface area is 122 Å². The van der Waals surface area contributed by atoms with Crippen LogP contribution in [0.15, 0.2) is 36.7 Å². The van der Waals surface area contributed by atoms with Gasteiger partial charge in [-0.2, -0.15) is 0 Å². The number of nitrogens with zero attached hydrogens (tertiary/aromatic N) is 2. The summed E-state index contributed by atoms with van der Waals surface area (Å²) in [7, 11) is 0. The molecule has 20 heavy (non-hydrogen) atoms. The molecule has 0 aliphatic heterocycles. The van der Waals surface area contributed by atoms with Crippen LogP contribution in [-0.2, 0) is 6.42 Å². The number of aryl methyl sites for hydroxylation is 1. The van der Waals surface area contributed by atoms with Gasteiger partial charge in [-0.1, -0.05) is 32.9 Å². The summed E-state index contributed by atoms with van der Waals surface area (Å²) in [5.74, 6) is 1.14. The van der Waals surface area contributed by atoms with Crippen LogP contribution in [-0.4, -0.2) is 16.1 Å². The lowest BCUT2D eigenvalue weighted by atomic mass is 10.0. The van der Waals surface area contributed by atoms with Crippen LogP contribution in [0.5, 0.6) is 0 Å². The lowest BCUT2D eigenvalue weighted by Crippen LogP contribution is -2.20. The molecule has 0 aliphatic carbocycles. The number of hydrogen-bond acceptors (Lipinski definition) is 2. The average Bonchev–Trinajstić information content (AvgIpc) is 2.93. The van der Waals surface area contributed by atoms with Crippen LogP contribution in [0, 0.1) is 0 Å². The SMILES string of the molecule is CCCc1nccn1-c1cccc(C(CC)NCC)c1. The van der Waals surface area contributed by atoms with E-state index in [-0.39, 0.29) is 0 Å². The molecule has 0 spiro atoms. The molecule has 0 radical (unpaired) electrons. The topological polar surface area (TPSA) is 29.9 Å². The lowest BCUT2D eigenvalue weighted by Gasteiger charge is -2.17. The van der Waals surface area contributed by atoms with Crippen LogP contribution in [0.3, 0.4) is 0 Å². The van der Waals surface area contributed by atoms with Crippen molar-refractivity contribution in [3.8, 4) is 5.69 Å². The molecule has 3 nitrogen and oxygen atoms in total. The molecule has 1 aromatic heterocycles. The predicted octanol–water partition coefficient (Wildman–Crippen LogP) is 3.89. The van der Waals surface area contributed by atoms with E-state index in [1.807, 2.05) is 6.20 Å². The Hall–Kier alpha value is -1.61. The molecule has 1 aromatic carbocycles. The largest absolute Gasteiger partial charge is 0.310 e. The molecule has 2 rings (SSSR count). The molecule has 0 saturated heterocycles. The van der Waals surface area contributed by atoms with E-state index in [1.54, 1.807) is 0 Å². The fourth-order valence-electron chi connectivity index (χ4n) is 2.61. The van der Waals surface area contributed by atoms with Gasteiger partial charge in [0.25, 0.3) is 0 Å². The average molecular weight is 271 g/mol. The van der Waals surface area contributed by atoms with E-state index in [1.165, 1.54) is 11.3 Å². The highest BCUT2D eigenvalue weighted by Gasteiger charge is 2.10. The molecule has 1 heterocycles. The van der Waals surface area contributed by atoms with Crippen molar-refractivity contribution >= 4 is 0 Å². The maximum Gasteiger partial charge on any atom is 0.113 e. The summed E-state index contributed by atoms with van der Waals surface area (Å²) in [6.07, 6.45) is 7.17. The van der Waals surface area contributed by atoms with Gasteiger partial charge in [0, 0.05) is 30.5 Å². The smallest absolute Gasteiger partial charge is 0.113 e. The Bertz CT molecular complexity index is 531. The van der Waals surface area contributed by atoms with E-state index in [2.05, 4.69) is 66.1 Å². The van der Waals surface area contributed by atoms with Gasteiger partial charge >= 0.3 is 0 Å². The van der Waals surface area contributed by atoms with E-state index >= 15 is 0 Å². The first-order valence-electron chi connectivity index (χ1n) is 7.66. The molecule has 2 aromatic rings. The van der Waals surface area contributed by atoms with Gasteiger partial charge < -0.3 is 9.88 Å². The summed E-state index contributed by atoms with van der Waals surface area (Å²) < 4.78 is 2.20. The highest BCUT2D eigenvalue weighted by Crippen LogP contribution is 2.20. The lowest BCUT2D eigenvalue weighted by molar-refractivity contribution is 0.537. The highest BCUT2D eigenvalue weighted by atomic mass is 15.1. The van der Waals surface area contributed by atoms with Gasteiger partial charge in [-0.25, -0.2) is 4.98 Å². The van der Waals surface area contributed by atoms with Crippen molar-refractivity contribution in [3.05, 3.63) is 48.0 Å². The molecule has 108 valence electrons. The minimum atomic E-state index is 0.429. The Balaban J connectivity index is 2.31. The molecule has 0 bridgehead atoms. The fourth-order valence-corrected chi connectivity index (χ4v) is 2.61. The predicted molar refractivity (Wildman–Crippen MR) is 84.3 cm³/mol. The van der Waals surface area contributed by atoms with Gasteiger partial charge in [-0.05, 0) is 37.1 Å². The molecule has 0 saturated carbocycles. The Morgan fingerprint density at radius 3 is 2.80 bits per heavy atom. The molecule has 1 unspecified atom stereocenters. The van der Waals surface area contributed by atoms with Gasteiger partial charge in [0.15, 0.2) is 0 Å². The summed E-state index contributed by atoms with van der Waals surface area (Å²) in [5.41, 5.74) is 2.56. The van der Waals surface area contributed by atoms with E-state index < -0.39 is 0 Å². The van der Waals surface area contributed by atoms with Gasteiger partial charge in [-0.3, -0.25) is 0 Å². The monoisotopic (exact) mass is 271 g/mol. The molecular formula is C17H25N3. The first-order valence-corrected chi connectivity index (χ1v) is 7.66. The van der Waals surface area contributed by atoms with Crippen molar-refractivity contribution in [2.45, 2.75) is 46.1 Å². The van der Waals surface area contributed by atoms with Crippen LogP contribution in [0.1, 0.15) is 51.0 Å². The molecule has 1 atom stereocenters. The number of imidazole rings is 1. The maximum atomic E-state index is 4.46. The van der Waals surface area contributed by atoms with Crippen LogP contribution in [0.4, 0.5) is 0 Å². The summed E-state index contributed by atoms with van der Waals surface area (Å²) in [5, 5.41) is 3.54. The minimum Gasteiger partial charge on any atom is -0.310 e. The fraction of sp³-hybridized carbons (Fsp3) is 0.471. The quantitative estimate of drug-likeness (QED) is 0.828. The second kappa shape index (κ2) is 7.25. The van der Waals surface area contributed by atoms with E-state index in [4.69, 9.17) is 0 Å². The molecule has 0 aliphatic rings. The zero-order valence-electron chi connectivity index (χ0n) is 12.8. The minimum absolute atomic E-state index is 0.429. The van der Waals surface area contributed by atoms with Crippen LogP contribution < -0.4 is 5.32 Å². The van der Waals surface area contributed by atoms with Gasteiger partial charge in [0.1, 0.15) is 5.82 Å². The first kappa shape index (κ1) is 14.8. The van der Waals surface area contributed by atoms with Crippen molar-refractivity contribution in [1.29, 1.82) is 0 Å². The molecule has 1 N–H and O–H groups in total. The van der Waals surface area contributed by atoms with E-state index in [0.717, 1.165) is 31.6 Å². The van der Waals surface area contributed by atoms with Crippen molar-refractivity contribution in [2.24, 2.45) is 0 Å². The van der Waals surface area contributed by atoms with Crippen LogP contribution >= 0.6 is 0 Å². The summed E-state index contributed by atoms with van der Waals surface area (Å²) >= 11 is 0. The zero-order chi connectivity index (χ0) is 14.4. The third-order valence-corrected chi connectivity index (χ3v) is 3.60. The van der Waals surface area contributed by atoms with Crippen molar-refractivity contribution in [1.82, 2.24) is 14.9 Å². The van der Waals surface area contributed by atoms with Crippen LogP contribution in [0.2, 0.25) is 0 Å². The van der Waals surface area contributed by atoms with Crippen molar-refractivity contribution < 1.29 is 0 Å². The van der Waals surface area contributed by atoms with Gasteiger partial charge in [0.05, 0.1) is 0 Å². The maximum absolute atomic E-state index is 4.46. The first-order chi connectivity index (χ1) is 9.80. The second-order valence-corrected chi connectivity index (χ2v) is 5.08. The number of hydrogen-bond donors (Lipinski definition) is 1. The van der Waals surface area contributed by atoms with Crippen LogP contribution in [0.25, 0.3) is 5.69 Å². The summed E-state index contributed by atoms with van der Waals surface area (Å²) in [6.45, 7) is 7.56. The molecule has 0 amide bonds. The Morgan fingerprint density at radius 1 is 1.25 bits per heavy atom. The second-order valence-electron chi connectivity index (χ2n) is 5.08. The third kappa shape index (κ3) is 3.28. The number of rotatable bonds is 7. The summed E-state index contributed by atoms with van der Waals surface area (Å²) in [4.78, 5) is 4.46. The molecule has 0 fully saturated rings.